The van der Waals surface area contributed by atoms with Gasteiger partial charge in [-0.15, -0.1) is 5.10 Å². The van der Waals surface area contributed by atoms with Crippen molar-refractivity contribution in [3.8, 4) is 0 Å². The van der Waals surface area contributed by atoms with Gasteiger partial charge in [-0.25, -0.2) is 4.79 Å². The molecule has 1 aromatic heterocycles. The first kappa shape index (κ1) is 27.4. The minimum atomic E-state index is -0.634. The van der Waals surface area contributed by atoms with E-state index < -0.39 is 5.41 Å². The lowest BCUT2D eigenvalue weighted by Gasteiger charge is -2.70. The molecule has 1 aromatic carbocycles. The lowest BCUT2D eigenvalue weighted by Crippen LogP contribution is -2.62. The van der Waals surface area contributed by atoms with E-state index >= 15 is 0 Å². The minimum absolute atomic E-state index is 0.0368. The van der Waals surface area contributed by atoms with Gasteiger partial charge in [0.1, 0.15) is 11.0 Å². The van der Waals surface area contributed by atoms with Gasteiger partial charge in [0, 0.05) is 11.0 Å². The highest BCUT2D eigenvalue weighted by molar-refractivity contribution is 6.06. The average molecular weight is 568 g/mol. The SMILES string of the molecule is CC1=C(O)C(=O)C=C2C1=CC=C1[C@@]2(C)CC[C@@]2(C)[C@@H]3C[C@](C)(C(=O)On4nnc5ccccc54)CC[C@]3(C)CC[C@]12C. The second-order valence-electron chi connectivity index (χ2n) is 14.9. The fraction of sp³-hybridized carbons (Fsp3) is 0.543. The van der Waals surface area contributed by atoms with Gasteiger partial charge in [0.2, 0.25) is 5.78 Å². The van der Waals surface area contributed by atoms with Gasteiger partial charge in [-0.05, 0) is 116 Å². The number of aliphatic hydroxyl groups is 1. The fourth-order valence-corrected chi connectivity index (χ4v) is 9.75. The zero-order valence-corrected chi connectivity index (χ0v) is 25.6. The third-order valence-electron chi connectivity index (χ3n) is 12.9. The largest absolute Gasteiger partial charge is 0.504 e. The highest BCUT2D eigenvalue weighted by Crippen LogP contribution is 2.75. The van der Waals surface area contributed by atoms with Crippen molar-refractivity contribution in [2.75, 3.05) is 0 Å². The normalized spacial score (nSPS) is 39.3. The molecule has 2 aromatic rings. The second-order valence-corrected chi connectivity index (χ2v) is 14.9. The summed E-state index contributed by atoms with van der Waals surface area (Å²) >= 11 is 0. The van der Waals surface area contributed by atoms with Gasteiger partial charge >= 0.3 is 5.97 Å². The van der Waals surface area contributed by atoms with E-state index in [1.165, 1.54) is 10.4 Å². The molecule has 6 atom stereocenters. The van der Waals surface area contributed by atoms with E-state index in [-0.39, 0.29) is 39.2 Å². The number of carbonyl (C=O) groups excluding carboxylic acids is 2. The summed E-state index contributed by atoms with van der Waals surface area (Å²) in [5.74, 6) is -0.350. The van der Waals surface area contributed by atoms with Crippen LogP contribution in [0.1, 0.15) is 86.5 Å². The molecular formula is C35H41N3O4. The molecule has 220 valence electrons. The molecule has 5 aliphatic carbocycles. The van der Waals surface area contributed by atoms with Crippen LogP contribution in [0.5, 0.6) is 0 Å². The van der Waals surface area contributed by atoms with Crippen LogP contribution in [0.2, 0.25) is 0 Å². The van der Waals surface area contributed by atoms with Gasteiger partial charge in [-0.2, -0.15) is 0 Å². The van der Waals surface area contributed by atoms with E-state index in [4.69, 9.17) is 4.84 Å². The van der Waals surface area contributed by atoms with Crippen LogP contribution >= 0.6 is 0 Å². The van der Waals surface area contributed by atoms with Crippen LogP contribution in [0.3, 0.4) is 0 Å². The van der Waals surface area contributed by atoms with E-state index in [0.717, 1.165) is 56.1 Å². The Morgan fingerprint density at radius 3 is 2.52 bits per heavy atom. The fourth-order valence-electron chi connectivity index (χ4n) is 9.75. The molecular weight excluding hydrogens is 526 g/mol. The average Bonchev–Trinajstić information content (AvgIpc) is 3.37. The van der Waals surface area contributed by atoms with Gasteiger partial charge < -0.3 is 9.94 Å². The second kappa shape index (κ2) is 8.55. The Morgan fingerprint density at radius 2 is 1.74 bits per heavy atom. The molecule has 1 heterocycles. The van der Waals surface area contributed by atoms with Crippen LogP contribution in [-0.4, -0.2) is 32.0 Å². The van der Waals surface area contributed by atoms with Gasteiger partial charge in [-0.3, -0.25) is 4.79 Å². The summed E-state index contributed by atoms with van der Waals surface area (Å²) in [6.07, 6.45) is 12.7. The number of rotatable bonds is 2. The van der Waals surface area contributed by atoms with Crippen molar-refractivity contribution in [1.29, 1.82) is 0 Å². The molecule has 0 bridgehead atoms. The predicted octanol–water partition coefficient (Wildman–Crippen LogP) is 7.01. The summed E-state index contributed by atoms with van der Waals surface area (Å²) in [6.45, 7) is 13.6. The van der Waals surface area contributed by atoms with Gasteiger partial charge in [0.15, 0.2) is 5.76 Å². The van der Waals surface area contributed by atoms with Crippen molar-refractivity contribution in [3.05, 3.63) is 70.5 Å². The van der Waals surface area contributed by atoms with E-state index in [9.17, 15) is 14.7 Å². The first-order valence-corrected chi connectivity index (χ1v) is 15.4. The Balaban J connectivity index is 1.25. The number of para-hydroxylation sites is 1. The monoisotopic (exact) mass is 567 g/mol. The third kappa shape index (κ3) is 3.39. The summed E-state index contributed by atoms with van der Waals surface area (Å²) in [5.41, 5.74) is 4.59. The van der Waals surface area contributed by atoms with Crippen LogP contribution in [0, 0.1) is 33.0 Å². The molecule has 3 saturated carbocycles. The number of nitrogens with zero attached hydrogens (tertiary/aromatic N) is 3. The number of hydrogen-bond donors (Lipinski definition) is 1. The van der Waals surface area contributed by atoms with Gasteiger partial charge in [0.05, 0.1) is 5.41 Å². The highest BCUT2D eigenvalue weighted by Gasteiger charge is 2.67. The van der Waals surface area contributed by atoms with Crippen LogP contribution in [0.25, 0.3) is 11.0 Å². The number of aromatic nitrogens is 3. The summed E-state index contributed by atoms with van der Waals surface area (Å²) < 4.78 is 0. The Kier molecular flexibility index (Phi) is 5.57. The standard InChI is InChI=1S/C35H41N3O4/c1-21-22-11-12-27-33(4,23(22)19-26(39)29(21)40)16-18-35(6)28-20-32(3,14-13-31(28,2)15-17-34(27,35)5)30(41)42-38-25-10-8-7-9-24(25)36-37-38/h7-12,19,28,40H,13-18,20H2,1-6H3/t28-,31-,32-,33+,34-,35+/m1/s1. The maximum Gasteiger partial charge on any atom is 0.340 e. The first-order valence-electron chi connectivity index (χ1n) is 15.4. The maximum atomic E-state index is 13.9. The summed E-state index contributed by atoms with van der Waals surface area (Å²) in [5, 5.41) is 18.7. The predicted molar refractivity (Wildman–Crippen MR) is 160 cm³/mol. The van der Waals surface area contributed by atoms with E-state index in [2.05, 4.69) is 57.1 Å². The molecule has 0 amide bonds. The Hall–Kier alpha value is -3.48. The zero-order valence-electron chi connectivity index (χ0n) is 25.6. The van der Waals surface area contributed by atoms with Gasteiger partial charge in [-0.1, -0.05) is 62.4 Å². The van der Waals surface area contributed by atoms with Crippen molar-refractivity contribution >= 4 is 22.8 Å². The number of ketones is 1. The number of allylic oxidation sites excluding steroid dienone is 7. The van der Waals surface area contributed by atoms with Crippen molar-refractivity contribution in [2.24, 2.45) is 33.0 Å². The van der Waals surface area contributed by atoms with Crippen LogP contribution in [0.4, 0.5) is 0 Å². The molecule has 0 unspecified atom stereocenters. The van der Waals surface area contributed by atoms with Crippen molar-refractivity contribution in [3.63, 3.8) is 0 Å². The molecule has 0 spiro atoms. The Bertz CT molecular complexity index is 1690. The summed E-state index contributed by atoms with van der Waals surface area (Å²) in [7, 11) is 0. The first-order chi connectivity index (χ1) is 19.8. The molecule has 7 nitrogen and oxygen atoms in total. The number of carbonyl (C=O) groups is 2. The molecule has 0 radical (unpaired) electrons. The van der Waals surface area contributed by atoms with Crippen molar-refractivity contribution in [2.45, 2.75) is 86.5 Å². The van der Waals surface area contributed by atoms with Crippen LogP contribution in [-0.2, 0) is 9.59 Å². The summed E-state index contributed by atoms with van der Waals surface area (Å²) in [6, 6.07) is 7.51. The van der Waals surface area contributed by atoms with Crippen molar-refractivity contribution in [1.82, 2.24) is 15.2 Å². The Labute approximate surface area is 247 Å². The van der Waals surface area contributed by atoms with E-state index in [0.29, 0.717) is 22.5 Å². The minimum Gasteiger partial charge on any atom is -0.504 e. The lowest BCUT2D eigenvalue weighted by molar-refractivity contribution is -0.183. The van der Waals surface area contributed by atoms with Crippen LogP contribution in [0.15, 0.2) is 70.5 Å². The molecule has 42 heavy (non-hydrogen) atoms. The number of fused-ring (bicyclic) bond motifs is 8. The number of benzene rings is 1. The molecule has 7 heteroatoms. The van der Waals surface area contributed by atoms with Crippen LogP contribution < -0.4 is 4.84 Å². The number of aliphatic hydroxyl groups excluding tert-OH is 1. The topological polar surface area (TPSA) is 94.3 Å². The molecule has 0 saturated heterocycles. The zero-order chi connectivity index (χ0) is 29.9. The maximum absolute atomic E-state index is 13.9. The number of hydrogen-bond acceptors (Lipinski definition) is 6. The highest BCUT2D eigenvalue weighted by atomic mass is 16.7. The molecule has 3 fully saturated rings. The van der Waals surface area contributed by atoms with E-state index in [1.54, 1.807) is 6.08 Å². The third-order valence-corrected chi connectivity index (χ3v) is 12.9. The molecule has 0 aliphatic heterocycles. The molecule has 5 aliphatic rings. The van der Waals surface area contributed by atoms with Crippen molar-refractivity contribution < 1.29 is 19.5 Å². The van der Waals surface area contributed by atoms with E-state index in [1.807, 2.05) is 31.2 Å². The molecule has 1 N–H and O–H groups in total. The smallest absolute Gasteiger partial charge is 0.340 e. The van der Waals surface area contributed by atoms with Gasteiger partial charge in [0.25, 0.3) is 0 Å². The Morgan fingerprint density at radius 1 is 1.00 bits per heavy atom. The lowest BCUT2D eigenvalue weighted by atomic mass is 9.34. The molecule has 7 rings (SSSR count). The quantitative estimate of drug-likeness (QED) is 0.392. The summed E-state index contributed by atoms with van der Waals surface area (Å²) in [4.78, 5) is 33.9.